The van der Waals surface area contributed by atoms with E-state index in [2.05, 4.69) is 0 Å². The Hall–Kier alpha value is -2.35. The van der Waals surface area contributed by atoms with E-state index in [0.717, 1.165) is 22.9 Å². The van der Waals surface area contributed by atoms with Crippen LogP contribution in [-0.2, 0) is 16.2 Å². The van der Waals surface area contributed by atoms with Crippen LogP contribution in [0.5, 0.6) is 5.75 Å². The molecule has 3 rings (SSSR count). The molecule has 0 aromatic heterocycles. The highest BCUT2D eigenvalue weighted by Crippen LogP contribution is 2.34. The number of carboxylic acids is 1. The van der Waals surface area contributed by atoms with Crippen molar-refractivity contribution in [2.24, 2.45) is 0 Å². The third-order valence-electron chi connectivity index (χ3n) is 3.97. The fourth-order valence-corrected chi connectivity index (χ4v) is 4.03. The summed E-state index contributed by atoms with van der Waals surface area (Å²) in [5.74, 6) is -0.660. The molecule has 28 heavy (non-hydrogen) atoms. The summed E-state index contributed by atoms with van der Waals surface area (Å²) in [4.78, 5) is 25.1. The molecule has 1 N–H and O–H groups in total. The van der Waals surface area contributed by atoms with Crippen molar-refractivity contribution < 1.29 is 19.4 Å². The van der Waals surface area contributed by atoms with Crippen LogP contribution in [0.2, 0.25) is 5.02 Å². The van der Waals surface area contributed by atoms with E-state index in [9.17, 15) is 9.59 Å². The number of thioether (sulfide) groups is 1. The van der Waals surface area contributed by atoms with Crippen LogP contribution in [0.25, 0.3) is 6.08 Å². The highest BCUT2D eigenvalue weighted by atomic mass is 35.5. The van der Waals surface area contributed by atoms with Gasteiger partial charge in [-0.25, -0.2) is 0 Å². The maximum absolute atomic E-state index is 12.6. The van der Waals surface area contributed by atoms with Gasteiger partial charge in [0, 0.05) is 22.7 Å². The summed E-state index contributed by atoms with van der Waals surface area (Å²) in [5.41, 5.74) is 1.59. The molecular weight excluding hydrogens is 418 g/mol. The van der Waals surface area contributed by atoms with Gasteiger partial charge in [0.15, 0.2) is 0 Å². The van der Waals surface area contributed by atoms with Gasteiger partial charge in [-0.2, -0.15) is 0 Å². The van der Waals surface area contributed by atoms with E-state index in [-0.39, 0.29) is 18.9 Å². The molecule has 0 unspecified atom stereocenters. The Morgan fingerprint density at radius 3 is 2.68 bits per heavy atom. The Morgan fingerprint density at radius 1 is 1.21 bits per heavy atom. The molecule has 1 aliphatic heterocycles. The Morgan fingerprint density at radius 2 is 1.93 bits per heavy atom. The van der Waals surface area contributed by atoms with Gasteiger partial charge in [-0.05, 0) is 18.2 Å². The summed E-state index contributed by atoms with van der Waals surface area (Å²) in [5, 5.41) is 9.45. The van der Waals surface area contributed by atoms with Crippen LogP contribution in [0.4, 0.5) is 0 Å². The number of ether oxygens (including phenoxy) is 1. The van der Waals surface area contributed by atoms with Gasteiger partial charge in [0.25, 0.3) is 5.91 Å². The molecule has 144 valence electrons. The highest BCUT2D eigenvalue weighted by Gasteiger charge is 2.32. The predicted molar refractivity (Wildman–Crippen MR) is 114 cm³/mol. The van der Waals surface area contributed by atoms with Crippen LogP contribution in [0.3, 0.4) is 0 Å². The minimum atomic E-state index is -0.976. The second-order valence-electron chi connectivity index (χ2n) is 5.89. The SMILES string of the molecule is O=C(O)CCN1C(=O)C(=Cc2ccccc2OCc2ccccc2Cl)SC1=S. The number of rotatable bonds is 7. The summed E-state index contributed by atoms with van der Waals surface area (Å²) in [7, 11) is 0. The molecule has 1 amide bonds. The van der Waals surface area contributed by atoms with Gasteiger partial charge < -0.3 is 9.84 Å². The first-order chi connectivity index (χ1) is 13.5. The van der Waals surface area contributed by atoms with Crippen molar-refractivity contribution in [3.63, 3.8) is 0 Å². The van der Waals surface area contributed by atoms with Crippen LogP contribution in [0.1, 0.15) is 17.5 Å². The standard InChI is InChI=1S/C20H16ClNO4S2/c21-15-7-3-1-6-14(15)12-26-16-8-4-2-5-13(16)11-17-19(25)22(20(27)28-17)10-9-18(23)24/h1-8,11H,9-10,12H2,(H,23,24). The number of benzene rings is 2. The van der Waals surface area contributed by atoms with Crippen LogP contribution < -0.4 is 4.74 Å². The van der Waals surface area contributed by atoms with Crippen LogP contribution in [0.15, 0.2) is 53.4 Å². The normalized spacial score (nSPS) is 15.3. The molecule has 8 heteroatoms. The van der Waals surface area contributed by atoms with Gasteiger partial charge in [0.2, 0.25) is 0 Å². The number of carbonyl (C=O) groups excluding carboxylic acids is 1. The van der Waals surface area contributed by atoms with Gasteiger partial charge in [-0.1, -0.05) is 72.0 Å². The van der Waals surface area contributed by atoms with E-state index in [1.165, 1.54) is 4.90 Å². The number of para-hydroxylation sites is 1. The third kappa shape index (κ3) is 4.92. The highest BCUT2D eigenvalue weighted by molar-refractivity contribution is 8.26. The number of carbonyl (C=O) groups is 2. The molecule has 0 atom stereocenters. The lowest BCUT2D eigenvalue weighted by Gasteiger charge is -2.12. The van der Waals surface area contributed by atoms with Gasteiger partial charge in [-0.15, -0.1) is 0 Å². The first kappa shape index (κ1) is 20.4. The van der Waals surface area contributed by atoms with E-state index in [0.29, 0.717) is 26.6 Å². The van der Waals surface area contributed by atoms with Crippen molar-refractivity contribution >= 4 is 57.9 Å². The molecule has 5 nitrogen and oxygen atoms in total. The molecular formula is C20H16ClNO4S2. The average Bonchev–Trinajstić information content (AvgIpc) is 2.93. The summed E-state index contributed by atoms with van der Waals surface area (Å²) in [6.45, 7) is 0.353. The molecule has 1 aliphatic rings. The van der Waals surface area contributed by atoms with Gasteiger partial charge in [0.1, 0.15) is 16.7 Å². The van der Waals surface area contributed by atoms with Crippen molar-refractivity contribution in [2.45, 2.75) is 13.0 Å². The van der Waals surface area contributed by atoms with Crippen molar-refractivity contribution in [1.29, 1.82) is 0 Å². The molecule has 1 fully saturated rings. The number of nitrogens with zero attached hydrogens (tertiary/aromatic N) is 1. The summed E-state index contributed by atoms with van der Waals surface area (Å²) in [6, 6.07) is 14.8. The number of aliphatic carboxylic acids is 1. The average molecular weight is 434 g/mol. The first-order valence-electron chi connectivity index (χ1n) is 8.38. The minimum absolute atomic E-state index is 0.0575. The number of halogens is 1. The second-order valence-corrected chi connectivity index (χ2v) is 7.98. The molecule has 2 aromatic rings. The lowest BCUT2D eigenvalue weighted by atomic mass is 10.1. The molecule has 1 heterocycles. The van der Waals surface area contributed by atoms with Gasteiger partial charge >= 0.3 is 5.97 Å². The van der Waals surface area contributed by atoms with Crippen molar-refractivity contribution in [2.75, 3.05) is 6.54 Å². The van der Waals surface area contributed by atoms with Crippen molar-refractivity contribution in [3.8, 4) is 5.75 Å². The van der Waals surface area contributed by atoms with Crippen LogP contribution in [-0.4, -0.2) is 32.7 Å². The molecule has 0 aliphatic carbocycles. The zero-order chi connectivity index (χ0) is 20.1. The number of thiocarbonyl (C=S) groups is 1. The number of hydrogen-bond donors (Lipinski definition) is 1. The lowest BCUT2D eigenvalue weighted by molar-refractivity contribution is -0.137. The maximum atomic E-state index is 12.6. The Bertz CT molecular complexity index is 961. The molecule has 0 saturated carbocycles. The molecule has 0 spiro atoms. The van der Waals surface area contributed by atoms with E-state index in [1.54, 1.807) is 12.1 Å². The predicted octanol–water partition coefficient (Wildman–Crippen LogP) is 4.59. The quantitative estimate of drug-likeness (QED) is 0.508. The largest absolute Gasteiger partial charge is 0.488 e. The molecule has 1 saturated heterocycles. The second kappa shape index (κ2) is 9.23. The number of hydrogen-bond acceptors (Lipinski definition) is 5. The Labute approximate surface area is 176 Å². The van der Waals surface area contributed by atoms with Crippen molar-refractivity contribution in [3.05, 3.63) is 69.6 Å². The van der Waals surface area contributed by atoms with Gasteiger partial charge in [-0.3, -0.25) is 14.5 Å². The Balaban J connectivity index is 1.77. The first-order valence-corrected chi connectivity index (χ1v) is 9.98. The Kier molecular flexibility index (Phi) is 6.72. The number of carboxylic acid groups (broad SMARTS) is 1. The fraction of sp³-hybridized carbons (Fsp3) is 0.150. The summed E-state index contributed by atoms with van der Waals surface area (Å²) in [6.07, 6.45) is 1.55. The maximum Gasteiger partial charge on any atom is 0.305 e. The van der Waals surface area contributed by atoms with Crippen molar-refractivity contribution in [1.82, 2.24) is 4.90 Å². The molecule has 0 bridgehead atoms. The fourth-order valence-electron chi connectivity index (χ4n) is 2.54. The smallest absolute Gasteiger partial charge is 0.305 e. The lowest BCUT2D eigenvalue weighted by Crippen LogP contribution is -2.30. The van der Waals surface area contributed by atoms with Crippen LogP contribution in [0, 0.1) is 0 Å². The monoisotopic (exact) mass is 433 g/mol. The summed E-state index contributed by atoms with van der Waals surface area (Å²) < 4.78 is 6.26. The van der Waals surface area contributed by atoms with Crippen LogP contribution >= 0.6 is 35.6 Å². The molecule has 0 radical (unpaired) electrons. The van der Waals surface area contributed by atoms with E-state index < -0.39 is 5.97 Å². The third-order valence-corrected chi connectivity index (χ3v) is 5.72. The minimum Gasteiger partial charge on any atom is -0.488 e. The summed E-state index contributed by atoms with van der Waals surface area (Å²) >= 11 is 12.5. The van der Waals surface area contributed by atoms with E-state index in [4.69, 9.17) is 33.7 Å². The zero-order valence-corrected chi connectivity index (χ0v) is 17.0. The molecule has 2 aromatic carbocycles. The van der Waals surface area contributed by atoms with E-state index >= 15 is 0 Å². The van der Waals surface area contributed by atoms with E-state index in [1.807, 2.05) is 42.5 Å². The number of amides is 1. The zero-order valence-electron chi connectivity index (χ0n) is 14.6. The topological polar surface area (TPSA) is 66.8 Å². The van der Waals surface area contributed by atoms with Gasteiger partial charge in [0.05, 0.1) is 11.3 Å².